The lowest BCUT2D eigenvalue weighted by Crippen LogP contribution is -2.28. The quantitative estimate of drug-likeness (QED) is 0.780. The summed E-state index contributed by atoms with van der Waals surface area (Å²) in [7, 11) is 0. The highest BCUT2D eigenvalue weighted by molar-refractivity contribution is 9.09. The Balaban J connectivity index is 0.000000531. The fraction of sp³-hybridized carbons (Fsp3) is 0.455. The molecular formula is C11H14BrClO2. The van der Waals surface area contributed by atoms with E-state index in [0.717, 1.165) is 5.56 Å². The van der Waals surface area contributed by atoms with Crippen LogP contribution in [-0.4, -0.2) is 24.9 Å². The van der Waals surface area contributed by atoms with Crippen LogP contribution in [0.4, 0.5) is 0 Å². The van der Waals surface area contributed by atoms with Crippen LogP contribution < -0.4 is 0 Å². The first-order valence-corrected chi connectivity index (χ1v) is 6.52. The predicted octanol–water partition coefficient (Wildman–Crippen LogP) is 3.14. The maximum Gasteiger partial charge on any atom is 0.204 e. The third-order valence-corrected chi connectivity index (χ3v) is 2.88. The molecule has 15 heavy (non-hydrogen) atoms. The molecule has 1 aromatic carbocycles. The van der Waals surface area contributed by atoms with Crippen molar-refractivity contribution in [1.82, 2.24) is 0 Å². The summed E-state index contributed by atoms with van der Waals surface area (Å²) in [5, 5.41) is 0.671. The molecule has 2 rings (SSSR count). The molecule has 4 heteroatoms. The Hall–Kier alpha value is -0.0900. The lowest BCUT2D eigenvalue weighted by Gasteiger charge is -2.25. The lowest BCUT2D eigenvalue weighted by atomic mass is 10.1. The second-order valence-corrected chi connectivity index (χ2v) is 3.51. The van der Waals surface area contributed by atoms with Crippen molar-refractivity contribution in [2.24, 2.45) is 0 Å². The summed E-state index contributed by atoms with van der Waals surface area (Å²) >= 11 is 8.06. The van der Waals surface area contributed by atoms with E-state index in [1.807, 2.05) is 30.3 Å². The van der Waals surface area contributed by atoms with Gasteiger partial charge < -0.3 is 9.47 Å². The van der Waals surface area contributed by atoms with Gasteiger partial charge in [0.15, 0.2) is 0 Å². The van der Waals surface area contributed by atoms with Crippen molar-refractivity contribution in [2.75, 3.05) is 24.9 Å². The average molecular weight is 294 g/mol. The Morgan fingerprint density at radius 3 is 2.20 bits per heavy atom. The van der Waals surface area contributed by atoms with Gasteiger partial charge in [-0.15, -0.1) is 11.6 Å². The molecule has 1 aliphatic rings. The summed E-state index contributed by atoms with van der Waals surface area (Å²) in [6.45, 7) is 1.33. The first-order valence-electron chi connectivity index (χ1n) is 4.65. The van der Waals surface area contributed by atoms with E-state index in [-0.39, 0.29) is 0 Å². The van der Waals surface area contributed by atoms with E-state index in [9.17, 15) is 0 Å². The zero-order valence-electron chi connectivity index (χ0n) is 8.58. The van der Waals surface area contributed by atoms with E-state index in [4.69, 9.17) is 9.47 Å². The van der Waals surface area contributed by atoms with Gasteiger partial charge in [0.1, 0.15) is 0 Å². The van der Waals surface area contributed by atoms with Gasteiger partial charge in [0, 0.05) is 11.9 Å². The molecule has 0 spiro atoms. The molecule has 0 radical (unpaired) electrons. The number of hydrogen-bond donors (Lipinski definition) is 0. The van der Waals surface area contributed by atoms with Gasteiger partial charge in [-0.05, 0) is 0 Å². The third kappa shape index (κ3) is 2.94. The van der Waals surface area contributed by atoms with Crippen molar-refractivity contribution < 1.29 is 9.47 Å². The smallest absolute Gasteiger partial charge is 0.204 e. The maximum atomic E-state index is 5.61. The summed E-state index contributed by atoms with van der Waals surface area (Å²) in [6.07, 6.45) is 1.47. The average Bonchev–Trinajstić information content (AvgIpc) is 2.83. The molecule has 2 nitrogen and oxygen atoms in total. The molecule has 1 fully saturated rings. The highest BCUT2D eigenvalue weighted by Gasteiger charge is 2.37. The summed E-state index contributed by atoms with van der Waals surface area (Å²) in [6, 6.07) is 10.0. The number of alkyl halides is 2. The van der Waals surface area contributed by atoms with Crippen LogP contribution in [0.2, 0.25) is 0 Å². The van der Waals surface area contributed by atoms with Crippen LogP contribution in [0.25, 0.3) is 0 Å². The van der Waals surface area contributed by atoms with Gasteiger partial charge in [0.25, 0.3) is 0 Å². The van der Waals surface area contributed by atoms with Crippen LogP contribution in [-0.2, 0) is 15.3 Å². The molecule has 1 heterocycles. The maximum absolute atomic E-state index is 5.61. The van der Waals surface area contributed by atoms with Crippen molar-refractivity contribution in [2.45, 2.75) is 5.79 Å². The first-order chi connectivity index (χ1) is 7.37. The van der Waals surface area contributed by atoms with Crippen molar-refractivity contribution in [3.8, 4) is 0 Å². The lowest BCUT2D eigenvalue weighted by molar-refractivity contribution is -0.144. The zero-order chi connectivity index (χ0) is 11.1. The Morgan fingerprint density at radius 2 is 1.73 bits per heavy atom. The van der Waals surface area contributed by atoms with Crippen LogP contribution >= 0.6 is 27.5 Å². The topological polar surface area (TPSA) is 18.5 Å². The number of rotatable bonds is 2. The molecule has 1 saturated heterocycles. The Morgan fingerprint density at radius 1 is 1.20 bits per heavy atom. The van der Waals surface area contributed by atoms with Gasteiger partial charge in [0.05, 0.1) is 18.5 Å². The van der Waals surface area contributed by atoms with Gasteiger partial charge >= 0.3 is 0 Å². The summed E-state index contributed by atoms with van der Waals surface area (Å²) in [5.74, 6) is -0.554. The van der Waals surface area contributed by atoms with Gasteiger partial charge in [0.2, 0.25) is 5.79 Å². The van der Waals surface area contributed by atoms with E-state index >= 15 is 0 Å². The number of ether oxygens (including phenoxy) is 2. The summed E-state index contributed by atoms with van der Waals surface area (Å²) < 4.78 is 11.2. The first kappa shape index (κ1) is 13.0. The van der Waals surface area contributed by atoms with Crippen LogP contribution in [0, 0.1) is 0 Å². The molecule has 0 aromatic heterocycles. The molecule has 0 aliphatic carbocycles. The Kier molecular flexibility index (Phi) is 5.61. The molecule has 0 atom stereocenters. The summed E-state index contributed by atoms with van der Waals surface area (Å²) in [5.41, 5.74) is 1.07. The minimum absolute atomic E-state index is 0.554. The fourth-order valence-electron chi connectivity index (χ4n) is 1.47. The molecule has 84 valence electrons. The second-order valence-electron chi connectivity index (χ2n) is 2.95. The number of halogens is 2. The van der Waals surface area contributed by atoms with Gasteiger partial charge in [-0.1, -0.05) is 46.3 Å². The Bertz CT molecular complexity index is 273. The molecule has 0 amide bonds. The normalized spacial score (nSPS) is 18.1. The molecule has 1 aliphatic heterocycles. The predicted molar refractivity (Wildman–Crippen MR) is 65.6 cm³/mol. The van der Waals surface area contributed by atoms with Crippen molar-refractivity contribution in [3.05, 3.63) is 35.9 Å². The van der Waals surface area contributed by atoms with Gasteiger partial charge in [-0.3, -0.25) is 0 Å². The molecule has 0 saturated carbocycles. The van der Waals surface area contributed by atoms with Crippen molar-refractivity contribution >= 4 is 27.5 Å². The van der Waals surface area contributed by atoms with E-state index in [2.05, 4.69) is 27.5 Å². The third-order valence-electron chi connectivity index (χ3n) is 2.14. The fourth-order valence-corrected chi connectivity index (χ4v) is 2.12. The van der Waals surface area contributed by atoms with E-state index in [0.29, 0.717) is 18.5 Å². The Labute approximate surface area is 104 Å². The van der Waals surface area contributed by atoms with Crippen LogP contribution in [0.5, 0.6) is 0 Å². The highest BCUT2D eigenvalue weighted by atomic mass is 79.9. The van der Waals surface area contributed by atoms with E-state index < -0.39 is 5.79 Å². The van der Waals surface area contributed by atoms with Gasteiger partial charge in [-0.25, -0.2) is 0 Å². The minimum atomic E-state index is -0.554. The molecule has 0 N–H and O–H groups in total. The molecule has 1 aromatic rings. The van der Waals surface area contributed by atoms with Crippen molar-refractivity contribution in [1.29, 1.82) is 0 Å². The largest absolute Gasteiger partial charge is 0.343 e. The molecular weight excluding hydrogens is 279 g/mol. The molecule has 0 bridgehead atoms. The standard InChI is InChI=1S/C10H11BrO2.CH3Cl/c11-8-10(12-6-7-13-10)9-4-2-1-3-5-9;1-2/h1-5H,6-8H2;1H3. The minimum Gasteiger partial charge on any atom is -0.343 e. The highest BCUT2D eigenvalue weighted by Crippen LogP contribution is 2.32. The summed E-state index contributed by atoms with van der Waals surface area (Å²) in [4.78, 5) is 0. The van der Waals surface area contributed by atoms with Crippen LogP contribution in [0.3, 0.4) is 0 Å². The van der Waals surface area contributed by atoms with E-state index in [1.165, 1.54) is 6.38 Å². The number of hydrogen-bond acceptors (Lipinski definition) is 2. The molecule has 0 unspecified atom stereocenters. The van der Waals surface area contributed by atoms with Crippen LogP contribution in [0.15, 0.2) is 30.3 Å². The monoisotopic (exact) mass is 292 g/mol. The van der Waals surface area contributed by atoms with Crippen LogP contribution in [0.1, 0.15) is 5.56 Å². The zero-order valence-corrected chi connectivity index (χ0v) is 10.9. The van der Waals surface area contributed by atoms with E-state index in [1.54, 1.807) is 0 Å². The SMILES string of the molecule is BrCC1(c2ccccc2)OCCO1.CCl. The van der Waals surface area contributed by atoms with Crippen molar-refractivity contribution in [3.63, 3.8) is 0 Å². The van der Waals surface area contributed by atoms with Gasteiger partial charge in [-0.2, -0.15) is 0 Å². The number of benzene rings is 1. The second kappa shape index (κ2) is 6.48.